The van der Waals surface area contributed by atoms with Crippen LogP contribution in [0.25, 0.3) is 0 Å². The van der Waals surface area contributed by atoms with Crippen LogP contribution in [-0.4, -0.2) is 46.3 Å². The molecule has 0 bridgehead atoms. The molecule has 3 heterocycles. The number of hydrogen-bond acceptors (Lipinski definition) is 7. The third-order valence-electron chi connectivity index (χ3n) is 5.25. The molecule has 0 radical (unpaired) electrons. The first kappa shape index (κ1) is 18.8. The molecule has 2 aromatic rings. The van der Waals surface area contributed by atoms with Gasteiger partial charge in [-0.1, -0.05) is 11.6 Å². The van der Waals surface area contributed by atoms with Gasteiger partial charge in [-0.2, -0.15) is 0 Å². The van der Waals surface area contributed by atoms with E-state index >= 15 is 0 Å². The summed E-state index contributed by atoms with van der Waals surface area (Å²) in [6, 6.07) is 1.87. The van der Waals surface area contributed by atoms with Gasteiger partial charge in [0.15, 0.2) is 0 Å². The van der Waals surface area contributed by atoms with Gasteiger partial charge in [-0.3, -0.25) is 4.98 Å². The number of aliphatic hydroxyl groups excluding tert-OH is 1. The normalized spacial score (nSPS) is 16.7. The molecule has 0 aliphatic carbocycles. The summed E-state index contributed by atoms with van der Waals surface area (Å²) in [7, 11) is 0. The molecular weight excluding hydrogens is 352 g/mol. The predicted octanol–water partition coefficient (Wildman–Crippen LogP) is 1.43. The molecule has 2 aromatic heterocycles. The number of piperidine rings is 1. The molecule has 0 spiro atoms. The molecule has 0 unspecified atom stereocenters. The Morgan fingerprint density at radius 3 is 2.54 bits per heavy atom. The Hall–Kier alpha value is -1.96. The van der Waals surface area contributed by atoms with Crippen LogP contribution in [0.3, 0.4) is 0 Å². The summed E-state index contributed by atoms with van der Waals surface area (Å²) in [5.74, 6) is 1.22. The summed E-state index contributed by atoms with van der Waals surface area (Å²) in [5, 5.41) is 10.1. The second kappa shape index (κ2) is 8.16. The Kier molecular flexibility index (Phi) is 5.90. The minimum atomic E-state index is -0.143. The molecule has 26 heavy (non-hydrogen) atoms. The summed E-state index contributed by atoms with van der Waals surface area (Å²) < 4.78 is 0. The average molecular weight is 377 g/mol. The summed E-state index contributed by atoms with van der Waals surface area (Å²) in [6.07, 6.45) is 8.49. The molecule has 0 aromatic carbocycles. The lowest BCUT2D eigenvalue weighted by atomic mass is 9.79. The maximum atomic E-state index is 9.58. The van der Waals surface area contributed by atoms with Crippen LogP contribution in [0, 0.1) is 5.41 Å². The van der Waals surface area contributed by atoms with E-state index in [-0.39, 0.29) is 12.0 Å². The Morgan fingerprint density at radius 1 is 1.15 bits per heavy atom. The lowest BCUT2D eigenvalue weighted by molar-refractivity contribution is 0.104. The summed E-state index contributed by atoms with van der Waals surface area (Å²) in [4.78, 5) is 15.2. The van der Waals surface area contributed by atoms with Crippen LogP contribution in [0.15, 0.2) is 24.7 Å². The summed E-state index contributed by atoms with van der Waals surface area (Å²) in [5.41, 5.74) is 13.3. The Morgan fingerprint density at radius 2 is 1.92 bits per heavy atom. The van der Waals surface area contributed by atoms with Crippen molar-refractivity contribution in [3.05, 3.63) is 40.9 Å². The summed E-state index contributed by atoms with van der Waals surface area (Å²) >= 11 is 6.18. The highest BCUT2D eigenvalue weighted by Crippen LogP contribution is 2.31. The van der Waals surface area contributed by atoms with Gasteiger partial charge in [0.2, 0.25) is 0 Å². The van der Waals surface area contributed by atoms with Crippen molar-refractivity contribution in [3.63, 3.8) is 0 Å². The van der Waals surface area contributed by atoms with Crippen molar-refractivity contribution in [2.75, 3.05) is 36.9 Å². The van der Waals surface area contributed by atoms with Crippen molar-refractivity contribution < 1.29 is 5.11 Å². The largest absolute Gasteiger partial charge is 0.396 e. The van der Waals surface area contributed by atoms with E-state index in [2.05, 4.69) is 19.9 Å². The van der Waals surface area contributed by atoms with E-state index in [0.717, 1.165) is 55.8 Å². The van der Waals surface area contributed by atoms with E-state index in [1.165, 1.54) is 0 Å². The molecule has 1 aliphatic rings. The zero-order chi connectivity index (χ0) is 18.6. The van der Waals surface area contributed by atoms with Crippen molar-refractivity contribution in [2.45, 2.75) is 25.7 Å². The highest BCUT2D eigenvalue weighted by molar-refractivity contribution is 6.33. The number of nitrogens with zero attached hydrogens (tertiary/aromatic N) is 4. The zero-order valence-electron chi connectivity index (χ0n) is 14.7. The van der Waals surface area contributed by atoms with E-state index in [9.17, 15) is 5.11 Å². The molecule has 8 heteroatoms. The van der Waals surface area contributed by atoms with Crippen LogP contribution < -0.4 is 16.4 Å². The lowest BCUT2D eigenvalue weighted by Gasteiger charge is -2.40. The number of aryl methyl sites for hydroxylation is 2. The third kappa shape index (κ3) is 4.06. The second-order valence-corrected chi connectivity index (χ2v) is 7.26. The zero-order valence-corrected chi connectivity index (χ0v) is 15.5. The van der Waals surface area contributed by atoms with Gasteiger partial charge in [-0.25, -0.2) is 9.97 Å². The van der Waals surface area contributed by atoms with Crippen molar-refractivity contribution in [3.8, 4) is 0 Å². The van der Waals surface area contributed by atoms with E-state index in [4.69, 9.17) is 23.1 Å². The molecule has 3 rings (SSSR count). The average Bonchev–Trinajstić information content (AvgIpc) is 2.70. The number of nitrogens with two attached hydrogens (primary N) is 2. The minimum Gasteiger partial charge on any atom is -0.396 e. The first-order valence-electron chi connectivity index (χ1n) is 8.82. The molecule has 5 N–H and O–H groups in total. The maximum absolute atomic E-state index is 9.58. The van der Waals surface area contributed by atoms with Gasteiger partial charge in [0, 0.05) is 31.2 Å². The van der Waals surface area contributed by atoms with Crippen molar-refractivity contribution in [1.82, 2.24) is 15.0 Å². The van der Waals surface area contributed by atoms with Crippen LogP contribution in [0.2, 0.25) is 5.02 Å². The molecule has 0 atom stereocenters. The molecule has 7 nitrogen and oxygen atoms in total. The second-order valence-electron chi connectivity index (χ2n) is 6.88. The minimum absolute atomic E-state index is 0.143. The first-order chi connectivity index (χ1) is 12.6. The highest BCUT2D eigenvalue weighted by Gasteiger charge is 2.33. The van der Waals surface area contributed by atoms with Crippen molar-refractivity contribution in [2.24, 2.45) is 11.1 Å². The predicted molar refractivity (Wildman–Crippen MR) is 103 cm³/mol. The van der Waals surface area contributed by atoms with Crippen molar-refractivity contribution >= 4 is 23.2 Å². The number of hydrogen-bond donors (Lipinski definition) is 3. The molecular formula is C18H25ClN6O. The molecule has 0 saturated carbocycles. The van der Waals surface area contributed by atoms with Crippen LogP contribution in [0.4, 0.5) is 11.6 Å². The van der Waals surface area contributed by atoms with Gasteiger partial charge in [0.25, 0.3) is 0 Å². The number of aliphatic hydroxyl groups is 1. The SMILES string of the molecule is NCC1(CO)CCN(c2cnc(CCc3ccnc(N)c3Cl)cn2)CC1. The van der Waals surface area contributed by atoms with Gasteiger partial charge in [0.05, 0.1) is 29.7 Å². The number of aromatic nitrogens is 3. The molecule has 1 aliphatic heterocycles. The Balaban J connectivity index is 1.58. The fourth-order valence-electron chi connectivity index (χ4n) is 3.24. The van der Waals surface area contributed by atoms with E-state index in [0.29, 0.717) is 17.4 Å². The van der Waals surface area contributed by atoms with E-state index in [1.807, 2.05) is 18.5 Å². The number of rotatable bonds is 6. The first-order valence-corrected chi connectivity index (χ1v) is 9.20. The van der Waals surface area contributed by atoms with Gasteiger partial charge in [-0.15, -0.1) is 0 Å². The number of nitrogen functional groups attached to an aromatic ring is 1. The summed E-state index contributed by atoms with van der Waals surface area (Å²) in [6.45, 7) is 2.32. The number of halogens is 1. The fourth-order valence-corrected chi connectivity index (χ4v) is 3.44. The topological polar surface area (TPSA) is 114 Å². The van der Waals surface area contributed by atoms with E-state index < -0.39 is 0 Å². The monoisotopic (exact) mass is 376 g/mol. The molecule has 1 saturated heterocycles. The van der Waals surface area contributed by atoms with Crippen LogP contribution in [0.5, 0.6) is 0 Å². The Bertz CT molecular complexity index is 725. The third-order valence-corrected chi connectivity index (χ3v) is 5.69. The molecule has 1 fully saturated rings. The van der Waals surface area contributed by atoms with Gasteiger partial charge >= 0.3 is 0 Å². The Labute approximate surface area is 158 Å². The standard InChI is InChI=1S/C18H25ClN6O/c19-16-13(3-6-22-17(16)21)1-2-14-9-24-15(10-23-14)25-7-4-18(11-20,12-26)5-8-25/h3,6,9-10,26H,1-2,4-5,7-8,11-12,20H2,(H2,21,22). The van der Waals surface area contributed by atoms with Gasteiger partial charge < -0.3 is 21.5 Å². The van der Waals surface area contributed by atoms with Crippen LogP contribution >= 0.6 is 11.6 Å². The van der Waals surface area contributed by atoms with Crippen molar-refractivity contribution in [1.29, 1.82) is 0 Å². The number of pyridine rings is 1. The number of anilines is 2. The fraction of sp³-hybridized carbons (Fsp3) is 0.500. The molecule has 0 amide bonds. The lowest BCUT2D eigenvalue weighted by Crippen LogP contribution is -2.46. The molecule has 140 valence electrons. The smallest absolute Gasteiger partial charge is 0.147 e. The van der Waals surface area contributed by atoms with Gasteiger partial charge in [-0.05, 0) is 37.3 Å². The maximum Gasteiger partial charge on any atom is 0.147 e. The van der Waals surface area contributed by atoms with E-state index in [1.54, 1.807) is 6.20 Å². The van der Waals surface area contributed by atoms with Gasteiger partial charge in [0.1, 0.15) is 11.6 Å². The van der Waals surface area contributed by atoms with Crippen LogP contribution in [-0.2, 0) is 12.8 Å². The quantitative estimate of drug-likeness (QED) is 0.698. The van der Waals surface area contributed by atoms with Crippen LogP contribution in [0.1, 0.15) is 24.1 Å². The highest BCUT2D eigenvalue weighted by atomic mass is 35.5.